The number of esters is 1. The third-order valence-corrected chi connectivity index (χ3v) is 5.26. The van der Waals surface area contributed by atoms with Crippen molar-refractivity contribution in [1.82, 2.24) is 15.0 Å². The van der Waals surface area contributed by atoms with E-state index in [2.05, 4.69) is 27.2 Å². The predicted molar refractivity (Wildman–Crippen MR) is 112 cm³/mol. The van der Waals surface area contributed by atoms with Gasteiger partial charge in [0.05, 0.1) is 23.6 Å². The van der Waals surface area contributed by atoms with Gasteiger partial charge in [0, 0.05) is 18.0 Å². The van der Waals surface area contributed by atoms with Crippen LogP contribution in [-0.2, 0) is 11.2 Å². The van der Waals surface area contributed by atoms with Crippen molar-refractivity contribution in [2.75, 3.05) is 11.9 Å². The Balaban J connectivity index is 1.82. The van der Waals surface area contributed by atoms with Crippen LogP contribution >= 0.6 is 0 Å². The second kappa shape index (κ2) is 8.18. The van der Waals surface area contributed by atoms with E-state index in [0.717, 1.165) is 29.7 Å². The highest BCUT2D eigenvalue weighted by Gasteiger charge is 2.27. The van der Waals surface area contributed by atoms with E-state index >= 15 is 0 Å². The van der Waals surface area contributed by atoms with Gasteiger partial charge < -0.3 is 10.1 Å². The second-order valence-corrected chi connectivity index (χ2v) is 7.45. The number of pyridine rings is 1. The fourth-order valence-electron chi connectivity index (χ4n) is 3.75. The number of aromatic nitrogens is 3. The summed E-state index contributed by atoms with van der Waals surface area (Å²) in [5, 5.41) is 3.27. The van der Waals surface area contributed by atoms with Crippen LogP contribution in [0.15, 0.2) is 36.7 Å². The number of rotatable bonds is 5. The van der Waals surface area contributed by atoms with Crippen LogP contribution in [0.4, 0.5) is 15.9 Å². The lowest BCUT2D eigenvalue weighted by Gasteiger charge is -2.16. The van der Waals surface area contributed by atoms with E-state index in [0.29, 0.717) is 28.5 Å². The van der Waals surface area contributed by atoms with Crippen LogP contribution in [0.25, 0.3) is 11.4 Å². The van der Waals surface area contributed by atoms with Gasteiger partial charge in [0.2, 0.25) is 0 Å². The molecule has 30 heavy (non-hydrogen) atoms. The number of nitrogens with one attached hydrogen (secondary N) is 1. The summed E-state index contributed by atoms with van der Waals surface area (Å²) in [6.45, 7) is 6.04. The molecule has 4 rings (SSSR count). The largest absolute Gasteiger partial charge is 0.462 e. The number of carbonyl (C=O) groups is 1. The van der Waals surface area contributed by atoms with Crippen LogP contribution in [0.3, 0.4) is 0 Å². The number of anilines is 2. The maximum atomic E-state index is 14.5. The normalized spacial score (nSPS) is 15.0. The Hall–Kier alpha value is -3.35. The number of hydrogen-bond donors (Lipinski definition) is 1. The van der Waals surface area contributed by atoms with Crippen molar-refractivity contribution in [2.45, 2.75) is 39.5 Å². The van der Waals surface area contributed by atoms with E-state index in [1.54, 1.807) is 31.3 Å². The number of nitrogens with zero attached hydrogens (tertiary/aromatic N) is 3. The molecule has 0 bridgehead atoms. The van der Waals surface area contributed by atoms with Crippen LogP contribution in [0.5, 0.6) is 0 Å². The van der Waals surface area contributed by atoms with Crippen molar-refractivity contribution in [3.63, 3.8) is 0 Å². The molecule has 1 aliphatic rings. The molecule has 0 radical (unpaired) electrons. The molecule has 2 aromatic heterocycles. The molecule has 0 aliphatic heterocycles. The first-order chi connectivity index (χ1) is 14.5. The zero-order valence-electron chi connectivity index (χ0n) is 17.2. The van der Waals surface area contributed by atoms with Gasteiger partial charge in [-0.3, -0.25) is 4.98 Å². The van der Waals surface area contributed by atoms with E-state index in [4.69, 9.17) is 4.74 Å². The Morgan fingerprint density at radius 3 is 2.93 bits per heavy atom. The third kappa shape index (κ3) is 3.75. The van der Waals surface area contributed by atoms with E-state index in [1.807, 2.05) is 6.92 Å². The first kappa shape index (κ1) is 19.9. The number of ether oxygens (including phenoxy) is 1. The molecule has 0 amide bonds. The average Bonchev–Trinajstić information content (AvgIpc) is 3.11. The Morgan fingerprint density at radius 2 is 2.13 bits per heavy atom. The summed E-state index contributed by atoms with van der Waals surface area (Å²) >= 11 is 0. The number of hydrogen-bond acceptors (Lipinski definition) is 6. The van der Waals surface area contributed by atoms with Crippen molar-refractivity contribution in [1.29, 1.82) is 0 Å². The molecule has 1 aromatic carbocycles. The highest BCUT2D eigenvalue weighted by Crippen LogP contribution is 2.39. The molecule has 1 aliphatic carbocycles. The SMILES string of the molecule is CCOC(=O)c1cnccc1Nc1nc(-c2cc(C)ccc2F)nc2c1C(C)CC2. The number of fused-ring (bicyclic) bond motifs is 1. The Bertz CT molecular complexity index is 1120. The topological polar surface area (TPSA) is 77.0 Å². The summed E-state index contributed by atoms with van der Waals surface area (Å²) in [4.78, 5) is 25.7. The molecule has 0 fully saturated rings. The minimum absolute atomic E-state index is 0.256. The van der Waals surface area contributed by atoms with Gasteiger partial charge >= 0.3 is 5.97 Å². The molecule has 1 atom stereocenters. The van der Waals surface area contributed by atoms with Gasteiger partial charge in [-0.2, -0.15) is 0 Å². The number of benzene rings is 1. The molecule has 6 nitrogen and oxygen atoms in total. The summed E-state index contributed by atoms with van der Waals surface area (Å²) in [5.41, 5.74) is 4.05. The highest BCUT2D eigenvalue weighted by atomic mass is 19.1. The van der Waals surface area contributed by atoms with Crippen molar-refractivity contribution >= 4 is 17.5 Å². The standard InChI is InChI=1S/C23H23FN4O2/c1-4-30-23(29)16-12-25-10-9-18(16)26-22-20-14(3)6-8-19(20)27-21(28-22)15-11-13(2)5-7-17(15)24/h5,7,9-12,14H,4,6,8H2,1-3H3,(H,25,26,27,28). The fourth-order valence-corrected chi connectivity index (χ4v) is 3.75. The molecule has 3 aromatic rings. The van der Waals surface area contributed by atoms with Crippen LogP contribution in [0.1, 0.15) is 53.4 Å². The van der Waals surface area contributed by atoms with Gasteiger partial charge in [-0.15, -0.1) is 0 Å². The van der Waals surface area contributed by atoms with Gasteiger partial charge in [-0.05, 0) is 50.8 Å². The molecule has 7 heteroatoms. The number of aryl methyl sites for hydroxylation is 2. The minimum atomic E-state index is -0.461. The first-order valence-electron chi connectivity index (χ1n) is 10.0. The fraction of sp³-hybridized carbons (Fsp3) is 0.304. The van der Waals surface area contributed by atoms with Crippen LogP contribution in [0.2, 0.25) is 0 Å². The van der Waals surface area contributed by atoms with Gasteiger partial charge in [-0.1, -0.05) is 18.6 Å². The van der Waals surface area contributed by atoms with Crippen LogP contribution in [-0.4, -0.2) is 27.5 Å². The average molecular weight is 406 g/mol. The first-order valence-corrected chi connectivity index (χ1v) is 10.0. The summed E-state index contributed by atoms with van der Waals surface area (Å²) in [5.74, 6) is 0.341. The third-order valence-electron chi connectivity index (χ3n) is 5.26. The molecular formula is C23H23FN4O2. The smallest absolute Gasteiger partial charge is 0.341 e. The Morgan fingerprint density at radius 1 is 1.30 bits per heavy atom. The Kier molecular flexibility index (Phi) is 5.44. The molecule has 154 valence electrons. The molecule has 1 N–H and O–H groups in total. The Labute approximate surface area is 174 Å². The maximum Gasteiger partial charge on any atom is 0.341 e. The van der Waals surface area contributed by atoms with Gasteiger partial charge in [0.15, 0.2) is 5.82 Å². The molecule has 0 saturated heterocycles. The van der Waals surface area contributed by atoms with Crippen molar-refractivity contribution in [3.05, 3.63) is 64.9 Å². The molecule has 1 unspecified atom stereocenters. The number of halogens is 1. The molecule has 0 spiro atoms. The quantitative estimate of drug-likeness (QED) is 0.604. The van der Waals surface area contributed by atoms with Crippen LogP contribution < -0.4 is 5.32 Å². The van der Waals surface area contributed by atoms with Crippen molar-refractivity contribution in [3.8, 4) is 11.4 Å². The highest BCUT2D eigenvalue weighted by molar-refractivity contribution is 5.96. The lowest BCUT2D eigenvalue weighted by molar-refractivity contribution is 0.0527. The van der Waals surface area contributed by atoms with E-state index in [1.165, 1.54) is 12.3 Å². The van der Waals surface area contributed by atoms with Gasteiger partial charge in [0.1, 0.15) is 17.2 Å². The summed E-state index contributed by atoms with van der Waals surface area (Å²) in [7, 11) is 0. The van der Waals surface area contributed by atoms with Gasteiger partial charge in [-0.25, -0.2) is 19.2 Å². The lowest BCUT2D eigenvalue weighted by Crippen LogP contribution is -2.11. The van der Waals surface area contributed by atoms with Gasteiger partial charge in [0.25, 0.3) is 0 Å². The molecular weight excluding hydrogens is 383 g/mol. The van der Waals surface area contributed by atoms with E-state index < -0.39 is 5.97 Å². The number of carbonyl (C=O) groups excluding carboxylic acids is 1. The minimum Gasteiger partial charge on any atom is -0.462 e. The molecule has 2 heterocycles. The second-order valence-electron chi connectivity index (χ2n) is 7.45. The molecule has 0 saturated carbocycles. The predicted octanol–water partition coefficient (Wildman–Crippen LogP) is 4.96. The van der Waals surface area contributed by atoms with Crippen molar-refractivity contribution < 1.29 is 13.9 Å². The zero-order valence-corrected chi connectivity index (χ0v) is 17.2. The van der Waals surface area contributed by atoms with Crippen LogP contribution in [0, 0.1) is 12.7 Å². The monoisotopic (exact) mass is 406 g/mol. The summed E-state index contributed by atoms with van der Waals surface area (Å²) in [6, 6.07) is 6.59. The van der Waals surface area contributed by atoms with Crippen molar-refractivity contribution in [2.24, 2.45) is 0 Å². The lowest BCUT2D eigenvalue weighted by atomic mass is 10.0. The maximum absolute atomic E-state index is 14.5. The summed E-state index contributed by atoms with van der Waals surface area (Å²) in [6.07, 6.45) is 4.80. The zero-order chi connectivity index (χ0) is 21.3. The van der Waals surface area contributed by atoms with E-state index in [9.17, 15) is 9.18 Å². The summed E-state index contributed by atoms with van der Waals surface area (Å²) < 4.78 is 19.7. The van der Waals surface area contributed by atoms with E-state index in [-0.39, 0.29) is 18.3 Å².